The molecule has 1 aliphatic rings. The van der Waals surface area contributed by atoms with E-state index in [1.807, 2.05) is 0 Å². The van der Waals surface area contributed by atoms with Crippen LogP contribution in [-0.2, 0) is 0 Å². The highest BCUT2D eigenvalue weighted by Crippen LogP contribution is 1.99. The molecule has 80 valence electrons. The van der Waals surface area contributed by atoms with Crippen molar-refractivity contribution >= 4 is 0 Å². The third-order valence-corrected chi connectivity index (χ3v) is 1.81. The van der Waals surface area contributed by atoms with E-state index in [9.17, 15) is 0 Å². The Labute approximate surface area is 81.2 Å². The summed E-state index contributed by atoms with van der Waals surface area (Å²) in [5, 5.41) is 3.00. The third kappa shape index (κ3) is 14.7. The van der Waals surface area contributed by atoms with Gasteiger partial charge in [-0.3, -0.25) is 0 Å². The van der Waals surface area contributed by atoms with Gasteiger partial charge in [-0.15, -0.1) is 0 Å². The topological polar surface area (TPSA) is 100 Å². The molecule has 0 unspecified atom stereocenters. The summed E-state index contributed by atoms with van der Waals surface area (Å²) >= 11 is 0. The average molecular weight is 188 g/mol. The van der Waals surface area contributed by atoms with Crippen LogP contribution in [0.5, 0.6) is 0 Å². The highest BCUT2D eigenvalue weighted by atomic mass is 15.0. The summed E-state index contributed by atoms with van der Waals surface area (Å²) < 4.78 is 0. The van der Waals surface area contributed by atoms with Crippen LogP contribution in [0.1, 0.15) is 25.7 Å². The van der Waals surface area contributed by atoms with Crippen molar-refractivity contribution in [1.82, 2.24) is 5.32 Å². The van der Waals surface area contributed by atoms with Crippen molar-refractivity contribution in [2.45, 2.75) is 31.7 Å². The maximum atomic E-state index is 5.73. The maximum absolute atomic E-state index is 5.73. The van der Waals surface area contributed by atoms with Crippen molar-refractivity contribution in [3.8, 4) is 0 Å². The van der Waals surface area contributed by atoms with E-state index < -0.39 is 0 Å². The van der Waals surface area contributed by atoms with Gasteiger partial charge in [0.25, 0.3) is 0 Å². The fraction of sp³-hybridized carbons (Fsp3) is 1.00. The van der Waals surface area contributed by atoms with Crippen LogP contribution in [0, 0.1) is 0 Å². The average Bonchev–Trinajstić information content (AvgIpc) is 2.97. The fourth-order valence-electron chi connectivity index (χ4n) is 0.904. The molecule has 0 aromatic rings. The molecule has 1 saturated heterocycles. The lowest BCUT2D eigenvalue weighted by Gasteiger charge is -2.08. The van der Waals surface area contributed by atoms with Gasteiger partial charge in [-0.2, -0.15) is 0 Å². The lowest BCUT2D eigenvalue weighted by atomic mass is 10.1. The summed E-state index contributed by atoms with van der Waals surface area (Å²) in [7, 11) is 0. The summed E-state index contributed by atoms with van der Waals surface area (Å²) in [4.78, 5) is 0. The van der Waals surface area contributed by atoms with Crippen LogP contribution in [0.3, 0.4) is 0 Å². The summed E-state index contributed by atoms with van der Waals surface area (Å²) in [5.41, 5.74) is 16.4. The maximum Gasteiger partial charge on any atom is 0.00772 e. The number of nitrogens with two attached hydrogens (primary N) is 3. The number of nitrogens with one attached hydrogen (secondary N) is 1. The molecule has 0 spiro atoms. The molecule has 0 aromatic heterocycles. The zero-order chi connectivity index (χ0) is 9.94. The first kappa shape index (κ1) is 12.8. The van der Waals surface area contributed by atoms with E-state index in [1.165, 1.54) is 13.1 Å². The first-order valence-electron chi connectivity index (χ1n) is 5.17. The van der Waals surface area contributed by atoms with E-state index in [0.717, 1.165) is 38.8 Å². The molecule has 0 saturated carbocycles. The van der Waals surface area contributed by atoms with Crippen LogP contribution in [0.15, 0.2) is 0 Å². The van der Waals surface area contributed by atoms with Crippen LogP contribution >= 0.6 is 0 Å². The van der Waals surface area contributed by atoms with Crippen molar-refractivity contribution in [3.05, 3.63) is 0 Å². The van der Waals surface area contributed by atoms with Gasteiger partial charge in [0.05, 0.1) is 0 Å². The number of rotatable bonds is 6. The van der Waals surface area contributed by atoms with Crippen molar-refractivity contribution < 1.29 is 0 Å². The number of hydrogen-bond acceptors (Lipinski definition) is 4. The van der Waals surface area contributed by atoms with E-state index >= 15 is 0 Å². The Morgan fingerprint density at radius 2 is 1.38 bits per heavy atom. The Morgan fingerprint density at radius 1 is 1.00 bits per heavy atom. The molecule has 0 amide bonds. The van der Waals surface area contributed by atoms with Crippen LogP contribution in [0.2, 0.25) is 0 Å². The van der Waals surface area contributed by atoms with Gasteiger partial charge >= 0.3 is 0 Å². The minimum Gasteiger partial charge on any atom is -0.330 e. The molecule has 0 aromatic carbocycles. The zero-order valence-electron chi connectivity index (χ0n) is 8.47. The quantitative estimate of drug-likeness (QED) is 0.417. The molecule has 7 N–H and O–H groups in total. The molecule has 0 bridgehead atoms. The van der Waals surface area contributed by atoms with Crippen LogP contribution in [0.4, 0.5) is 0 Å². The summed E-state index contributed by atoms with van der Waals surface area (Å²) in [5.74, 6) is 0. The molecule has 1 fully saturated rings. The molecule has 1 rings (SSSR count). The van der Waals surface area contributed by atoms with Crippen molar-refractivity contribution in [2.75, 3.05) is 26.2 Å². The first-order valence-corrected chi connectivity index (χ1v) is 5.17. The van der Waals surface area contributed by atoms with E-state index in [0.29, 0.717) is 6.04 Å². The Balaban J connectivity index is 0.000000396. The lowest BCUT2D eigenvalue weighted by molar-refractivity contribution is 0.534. The monoisotopic (exact) mass is 188 g/mol. The second-order valence-electron chi connectivity index (χ2n) is 3.37. The van der Waals surface area contributed by atoms with Gasteiger partial charge in [0.2, 0.25) is 0 Å². The molecule has 4 heteroatoms. The Bertz CT molecular complexity index is 84.9. The largest absolute Gasteiger partial charge is 0.330 e. The van der Waals surface area contributed by atoms with Gasteiger partial charge in [-0.1, -0.05) is 0 Å². The molecule has 0 radical (unpaired) electrons. The molecule has 0 atom stereocenters. The Hall–Kier alpha value is -0.160. The summed E-state index contributed by atoms with van der Waals surface area (Å²) in [6.07, 6.45) is 4.14. The summed E-state index contributed by atoms with van der Waals surface area (Å²) in [6.45, 7) is 3.99. The molecule has 1 heterocycles. The highest BCUT2D eigenvalue weighted by molar-refractivity contribution is 4.61. The Morgan fingerprint density at radius 3 is 1.62 bits per heavy atom. The summed E-state index contributed by atoms with van der Waals surface area (Å²) in [6, 6.07) is 0.312. The van der Waals surface area contributed by atoms with Crippen molar-refractivity contribution in [1.29, 1.82) is 0 Å². The molecule has 0 aliphatic carbocycles. The second kappa shape index (κ2) is 9.92. The first-order chi connectivity index (χ1) is 6.31. The van der Waals surface area contributed by atoms with Crippen LogP contribution < -0.4 is 22.5 Å². The standard InChI is InChI=1S/C7H19N3.C2H5N/c8-5-1-3-7(10)4-2-6-9;1-2-3-1/h7H,1-6,8-10H2;3H,1-2H2. The Kier molecular flexibility index (Phi) is 9.80. The van der Waals surface area contributed by atoms with Gasteiger partial charge in [0, 0.05) is 19.1 Å². The van der Waals surface area contributed by atoms with Gasteiger partial charge < -0.3 is 22.5 Å². The molecular formula is C9H24N4. The van der Waals surface area contributed by atoms with Gasteiger partial charge in [0.1, 0.15) is 0 Å². The van der Waals surface area contributed by atoms with E-state index in [-0.39, 0.29) is 0 Å². The normalized spacial score (nSPS) is 13.8. The molecule has 4 nitrogen and oxygen atoms in total. The minimum atomic E-state index is 0.312. The van der Waals surface area contributed by atoms with Gasteiger partial charge in [-0.25, -0.2) is 0 Å². The predicted octanol–water partition coefficient (Wildman–Crippen LogP) is -0.619. The molecule has 13 heavy (non-hydrogen) atoms. The van der Waals surface area contributed by atoms with E-state index in [4.69, 9.17) is 17.2 Å². The molecule has 1 aliphatic heterocycles. The van der Waals surface area contributed by atoms with E-state index in [1.54, 1.807) is 0 Å². The van der Waals surface area contributed by atoms with Crippen LogP contribution in [0.25, 0.3) is 0 Å². The van der Waals surface area contributed by atoms with Gasteiger partial charge in [0.15, 0.2) is 0 Å². The fourth-order valence-corrected chi connectivity index (χ4v) is 0.904. The highest BCUT2D eigenvalue weighted by Gasteiger charge is 1.99. The molecular weight excluding hydrogens is 164 g/mol. The smallest absolute Gasteiger partial charge is 0.00772 e. The minimum absolute atomic E-state index is 0.312. The SMILES string of the molecule is C1CN1.NCCCC(N)CCCN. The second-order valence-corrected chi connectivity index (χ2v) is 3.37. The van der Waals surface area contributed by atoms with Crippen molar-refractivity contribution in [3.63, 3.8) is 0 Å². The van der Waals surface area contributed by atoms with Gasteiger partial charge in [-0.05, 0) is 38.8 Å². The van der Waals surface area contributed by atoms with Crippen molar-refractivity contribution in [2.24, 2.45) is 17.2 Å². The van der Waals surface area contributed by atoms with E-state index in [2.05, 4.69) is 5.32 Å². The van der Waals surface area contributed by atoms with Crippen LogP contribution in [-0.4, -0.2) is 32.2 Å². The third-order valence-electron chi connectivity index (χ3n) is 1.81. The predicted molar refractivity (Wildman–Crippen MR) is 57.4 cm³/mol. The zero-order valence-corrected chi connectivity index (χ0v) is 8.47. The lowest BCUT2D eigenvalue weighted by Crippen LogP contribution is -2.22. The number of hydrogen-bond donors (Lipinski definition) is 4.